The predicted octanol–water partition coefficient (Wildman–Crippen LogP) is 2.54. The molecule has 3 nitrogen and oxygen atoms in total. The first-order valence-corrected chi connectivity index (χ1v) is 6.72. The van der Waals surface area contributed by atoms with Crippen molar-refractivity contribution in [3.8, 4) is 0 Å². The fourth-order valence-electron chi connectivity index (χ4n) is 1.95. The van der Waals surface area contributed by atoms with Crippen LogP contribution < -0.4 is 5.32 Å². The van der Waals surface area contributed by atoms with Gasteiger partial charge in [0.05, 0.1) is 10.6 Å². The highest BCUT2D eigenvalue weighted by atomic mass is 79.9. The molecule has 0 aliphatic carbocycles. The Labute approximate surface area is 114 Å². The standard InChI is InChI=1S/C12H14BrClN2O/c1-8-7-16(5-4-15-8)12(17)10-6-9(13)2-3-11(10)14/h2-3,6,8,15H,4-5,7H2,1H3/t8-/m1/s1. The topological polar surface area (TPSA) is 32.3 Å². The van der Waals surface area contributed by atoms with E-state index in [0.717, 1.165) is 24.1 Å². The number of amides is 1. The number of carbonyl (C=O) groups is 1. The third kappa shape index (κ3) is 3.00. The molecule has 2 rings (SSSR count). The maximum absolute atomic E-state index is 12.3. The zero-order valence-corrected chi connectivity index (χ0v) is 11.9. The molecule has 0 unspecified atom stereocenters. The number of rotatable bonds is 1. The maximum Gasteiger partial charge on any atom is 0.255 e. The lowest BCUT2D eigenvalue weighted by Crippen LogP contribution is -2.51. The summed E-state index contributed by atoms with van der Waals surface area (Å²) in [5.74, 6) is 0.00431. The Kier molecular flexibility index (Phi) is 4.07. The second-order valence-corrected chi connectivity index (χ2v) is 5.55. The summed E-state index contributed by atoms with van der Waals surface area (Å²) in [6.45, 7) is 4.36. The Hall–Kier alpha value is -0.580. The van der Waals surface area contributed by atoms with E-state index in [-0.39, 0.29) is 5.91 Å². The number of benzene rings is 1. The Morgan fingerprint density at radius 1 is 1.59 bits per heavy atom. The quantitative estimate of drug-likeness (QED) is 0.863. The van der Waals surface area contributed by atoms with E-state index < -0.39 is 0 Å². The number of piperazine rings is 1. The van der Waals surface area contributed by atoms with Crippen LogP contribution >= 0.6 is 27.5 Å². The van der Waals surface area contributed by atoms with Gasteiger partial charge in [-0.15, -0.1) is 0 Å². The van der Waals surface area contributed by atoms with Gasteiger partial charge in [0.25, 0.3) is 5.91 Å². The molecule has 17 heavy (non-hydrogen) atoms. The molecule has 1 fully saturated rings. The van der Waals surface area contributed by atoms with Crippen LogP contribution in [-0.4, -0.2) is 36.5 Å². The van der Waals surface area contributed by atoms with E-state index >= 15 is 0 Å². The van der Waals surface area contributed by atoms with Crippen LogP contribution in [0.3, 0.4) is 0 Å². The van der Waals surface area contributed by atoms with Crippen LogP contribution in [0, 0.1) is 0 Å². The number of hydrogen-bond acceptors (Lipinski definition) is 2. The molecule has 1 amide bonds. The molecule has 0 saturated carbocycles. The van der Waals surface area contributed by atoms with Crippen molar-refractivity contribution < 1.29 is 4.79 Å². The highest BCUT2D eigenvalue weighted by Gasteiger charge is 2.23. The first kappa shape index (κ1) is 12.9. The molecule has 5 heteroatoms. The summed E-state index contributed by atoms with van der Waals surface area (Å²) < 4.78 is 0.869. The van der Waals surface area contributed by atoms with Gasteiger partial charge >= 0.3 is 0 Å². The molecule has 0 bridgehead atoms. The lowest BCUT2D eigenvalue weighted by molar-refractivity contribution is 0.0709. The minimum Gasteiger partial charge on any atom is -0.336 e. The van der Waals surface area contributed by atoms with E-state index in [1.807, 2.05) is 11.0 Å². The van der Waals surface area contributed by atoms with Gasteiger partial charge in [-0.3, -0.25) is 4.79 Å². The lowest BCUT2D eigenvalue weighted by atomic mass is 10.1. The van der Waals surface area contributed by atoms with Crippen LogP contribution in [0.25, 0.3) is 0 Å². The Bertz CT molecular complexity index is 439. The van der Waals surface area contributed by atoms with Crippen LogP contribution in [0.5, 0.6) is 0 Å². The largest absolute Gasteiger partial charge is 0.336 e. The summed E-state index contributed by atoms with van der Waals surface area (Å²) in [7, 11) is 0. The first-order valence-electron chi connectivity index (χ1n) is 5.55. The summed E-state index contributed by atoms with van der Waals surface area (Å²) in [6, 6.07) is 5.68. The Balaban J connectivity index is 2.21. The van der Waals surface area contributed by atoms with Crippen molar-refractivity contribution in [2.45, 2.75) is 13.0 Å². The maximum atomic E-state index is 12.3. The second-order valence-electron chi connectivity index (χ2n) is 4.23. The minimum atomic E-state index is 0.00431. The highest BCUT2D eigenvalue weighted by Crippen LogP contribution is 2.22. The van der Waals surface area contributed by atoms with Gasteiger partial charge in [0.2, 0.25) is 0 Å². The second kappa shape index (κ2) is 5.38. The highest BCUT2D eigenvalue weighted by molar-refractivity contribution is 9.10. The van der Waals surface area contributed by atoms with Crippen molar-refractivity contribution in [2.24, 2.45) is 0 Å². The number of carbonyl (C=O) groups excluding carboxylic acids is 1. The molecular weight excluding hydrogens is 304 g/mol. The predicted molar refractivity (Wildman–Crippen MR) is 72.5 cm³/mol. The molecule has 1 aromatic rings. The third-order valence-electron chi connectivity index (χ3n) is 2.81. The van der Waals surface area contributed by atoms with Gasteiger partial charge in [0.1, 0.15) is 0 Å². The summed E-state index contributed by atoms with van der Waals surface area (Å²) in [4.78, 5) is 14.2. The average molecular weight is 318 g/mol. The van der Waals surface area contributed by atoms with Crippen molar-refractivity contribution in [1.82, 2.24) is 10.2 Å². The van der Waals surface area contributed by atoms with E-state index in [9.17, 15) is 4.79 Å². The molecule has 1 atom stereocenters. The molecule has 1 heterocycles. The van der Waals surface area contributed by atoms with E-state index in [0.29, 0.717) is 16.6 Å². The molecule has 1 N–H and O–H groups in total. The van der Waals surface area contributed by atoms with Gasteiger partial charge in [-0.1, -0.05) is 27.5 Å². The number of nitrogens with zero attached hydrogens (tertiary/aromatic N) is 1. The van der Waals surface area contributed by atoms with Gasteiger partial charge in [-0.2, -0.15) is 0 Å². The average Bonchev–Trinajstić information content (AvgIpc) is 2.31. The molecule has 1 saturated heterocycles. The third-order valence-corrected chi connectivity index (χ3v) is 3.64. The zero-order valence-electron chi connectivity index (χ0n) is 9.54. The van der Waals surface area contributed by atoms with Gasteiger partial charge in [0.15, 0.2) is 0 Å². The van der Waals surface area contributed by atoms with Crippen LogP contribution in [0.15, 0.2) is 22.7 Å². The van der Waals surface area contributed by atoms with Crippen molar-refractivity contribution in [2.75, 3.05) is 19.6 Å². The summed E-state index contributed by atoms with van der Waals surface area (Å²) >= 11 is 9.42. The van der Waals surface area contributed by atoms with Crippen LogP contribution in [0.4, 0.5) is 0 Å². The lowest BCUT2D eigenvalue weighted by Gasteiger charge is -2.32. The van der Waals surface area contributed by atoms with Crippen LogP contribution in [0.2, 0.25) is 5.02 Å². The van der Waals surface area contributed by atoms with Crippen LogP contribution in [0.1, 0.15) is 17.3 Å². The van der Waals surface area contributed by atoms with Crippen molar-refractivity contribution >= 4 is 33.4 Å². The number of hydrogen-bond donors (Lipinski definition) is 1. The van der Waals surface area contributed by atoms with E-state index in [4.69, 9.17) is 11.6 Å². The fraction of sp³-hybridized carbons (Fsp3) is 0.417. The van der Waals surface area contributed by atoms with Crippen molar-refractivity contribution in [1.29, 1.82) is 0 Å². The zero-order chi connectivity index (χ0) is 12.4. The Morgan fingerprint density at radius 2 is 2.35 bits per heavy atom. The molecule has 1 aliphatic rings. The summed E-state index contributed by atoms with van der Waals surface area (Å²) in [5.41, 5.74) is 0.565. The van der Waals surface area contributed by atoms with E-state index in [1.54, 1.807) is 12.1 Å². The molecular formula is C12H14BrClN2O. The first-order chi connectivity index (χ1) is 8.08. The van der Waals surface area contributed by atoms with Crippen molar-refractivity contribution in [3.05, 3.63) is 33.3 Å². The number of nitrogens with one attached hydrogen (secondary N) is 1. The molecule has 0 radical (unpaired) electrons. The summed E-state index contributed by atoms with van der Waals surface area (Å²) in [5, 5.41) is 3.81. The molecule has 1 aliphatic heterocycles. The van der Waals surface area contributed by atoms with Gasteiger partial charge < -0.3 is 10.2 Å². The van der Waals surface area contributed by atoms with Crippen LogP contribution in [-0.2, 0) is 0 Å². The molecule has 0 spiro atoms. The van der Waals surface area contributed by atoms with E-state index in [2.05, 4.69) is 28.2 Å². The molecule has 1 aromatic carbocycles. The SMILES string of the molecule is C[C@@H]1CN(C(=O)c2cc(Br)ccc2Cl)CCN1. The molecule has 92 valence electrons. The number of halogens is 2. The monoisotopic (exact) mass is 316 g/mol. The normalized spacial score (nSPS) is 20.4. The van der Waals surface area contributed by atoms with E-state index in [1.165, 1.54) is 0 Å². The fourth-order valence-corrected chi connectivity index (χ4v) is 2.51. The van der Waals surface area contributed by atoms with Gasteiger partial charge in [-0.05, 0) is 25.1 Å². The van der Waals surface area contributed by atoms with Gasteiger partial charge in [-0.25, -0.2) is 0 Å². The smallest absolute Gasteiger partial charge is 0.255 e. The molecule has 0 aromatic heterocycles. The Morgan fingerprint density at radius 3 is 3.06 bits per heavy atom. The summed E-state index contributed by atoms with van der Waals surface area (Å²) in [6.07, 6.45) is 0. The minimum absolute atomic E-state index is 0.00431. The van der Waals surface area contributed by atoms with Gasteiger partial charge in [0, 0.05) is 30.1 Å². The van der Waals surface area contributed by atoms with Crippen molar-refractivity contribution in [3.63, 3.8) is 0 Å².